The smallest absolute Gasteiger partial charge is 0.237 e. The lowest BCUT2D eigenvalue weighted by Gasteiger charge is -2.25. The molecule has 0 saturated carbocycles. The number of carbonyl (C=O) groups is 1. The van der Waals surface area contributed by atoms with Gasteiger partial charge in [-0.1, -0.05) is 24.3 Å². The van der Waals surface area contributed by atoms with E-state index in [1.807, 2.05) is 24.3 Å². The number of furan rings is 1. The van der Waals surface area contributed by atoms with Crippen molar-refractivity contribution in [3.8, 4) is 0 Å². The van der Waals surface area contributed by atoms with Gasteiger partial charge in [0.1, 0.15) is 5.76 Å². The quantitative estimate of drug-likeness (QED) is 0.888. The van der Waals surface area contributed by atoms with Crippen molar-refractivity contribution in [3.05, 3.63) is 59.5 Å². The third kappa shape index (κ3) is 2.91. The van der Waals surface area contributed by atoms with Gasteiger partial charge in [-0.05, 0) is 29.7 Å². The van der Waals surface area contributed by atoms with Crippen LogP contribution in [0.1, 0.15) is 16.9 Å². The molecule has 0 spiro atoms. The van der Waals surface area contributed by atoms with Gasteiger partial charge in [-0.3, -0.25) is 4.79 Å². The summed E-state index contributed by atoms with van der Waals surface area (Å²) in [5.74, 6) is 0.957. The van der Waals surface area contributed by atoms with Crippen molar-refractivity contribution < 1.29 is 9.21 Å². The zero-order valence-electron chi connectivity index (χ0n) is 11.3. The lowest BCUT2D eigenvalue weighted by atomic mass is 9.95. The van der Waals surface area contributed by atoms with Gasteiger partial charge in [0.05, 0.1) is 12.3 Å². The van der Waals surface area contributed by atoms with Crippen molar-refractivity contribution in [2.75, 3.05) is 6.54 Å². The standard InChI is InChI=1S/C16H18N2O2/c19-16(17-8-7-14-6-3-9-20-14)15-10-12-4-1-2-5-13(12)11-18-15/h1-6,9,15,18H,7-8,10-11H2,(H,17,19)/t15-/m0/s1. The summed E-state index contributed by atoms with van der Waals surface area (Å²) in [7, 11) is 0. The van der Waals surface area contributed by atoms with Gasteiger partial charge >= 0.3 is 0 Å². The van der Waals surface area contributed by atoms with E-state index in [2.05, 4.69) is 22.8 Å². The van der Waals surface area contributed by atoms with Crippen LogP contribution in [0.4, 0.5) is 0 Å². The second kappa shape index (κ2) is 5.92. The van der Waals surface area contributed by atoms with E-state index < -0.39 is 0 Å². The van der Waals surface area contributed by atoms with E-state index in [0.717, 1.165) is 25.1 Å². The van der Waals surface area contributed by atoms with E-state index in [0.29, 0.717) is 6.54 Å². The summed E-state index contributed by atoms with van der Waals surface area (Å²) >= 11 is 0. The maximum absolute atomic E-state index is 12.1. The number of rotatable bonds is 4. The number of nitrogens with one attached hydrogen (secondary N) is 2. The van der Waals surface area contributed by atoms with Crippen LogP contribution in [0.25, 0.3) is 0 Å². The number of benzene rings is 1. The van der Waals surface area contributed by atoms with Crippen LogP contribution in [0, 0.1) is 0 Å². The van der Waals surface area contributed by atoms with Crippen molar-refractivity contribution in [3.63, 3.8) is 0 Å². The first-order valence-electron chi connectivity index (χ1n) is 6.93. The van der Waals surface area contributed by atoms with E-state index in [1.165, 1.54) is 11.1 Å². The second-order valence-corrected chi connectivity index (χ2v) is 5.03. The summed E-state index contributed by atoms with van der Waals surface area (Å²) in [6.45, 7) is 1.36. The maximum Gasteiger partial charge on any atom is 0.237 e. The van der Waals surface area contributed by atoms with Gasteiger partial charge in [-0.2, -0.15) is 0 Å². The molecule has 2 aromatic rings. The summed E-state index contributed by atoms with van der Waals surface area (Å²) in [6.07, 6.45) is 3.13. The highest BCUT2D eigenvalue weighted by atomic mass is 16.3. The van der Waals surface area contributed by atoms with Crippen molar-refractivity contribution in [1.29, 1.82) is 0 Å². The topological polar surface area (TPSA) is 54.3 Å². The van der Waals surface area contributed by atoms with Crippen molar-refractivity contribution in [2.24, 2.45) is 0 Å². The van der Waals surface area contributed by atoms with Gasteiger partial charge in [0.25, 0.3) is 0 Å². The van der Waals surface area contributed by atoms with Crippen LogP contribution < -0.4 is 10.6 Å². The Kier molecular flexibility index (Phi) is 3.83. The lowest BCUT2D eigenvalue weighted by molar-refractivity contribution is -0.123. The normalized spacial score (nSPS) is 17.5. The fraction of sp³-hybridized carbons (Fsp3) is 0.312. The third-order valence-electron chi connectivity index (χ3n) is 3.65. The minimum Gasteiger partial charge on any atom is -0.469 e. The lowest BCUT2D eigenvalue weighted by Crippen LogP contribution is -2.48. The highest BCUT2D eigenvalue weighted by Crippen LogP contribution is 2.16. The van der Waals surface area contributed by atoms with Crippen LogP contribution >= 0.6 is 0 Å². The Bertz CT molecular complexity index is 578. The number of hydrogen-bond donors (Lipinski definition) is 2. The molecule has 1 aliphatic rings. The van der Waals surface area contributed by atoms with Crippen LogP contribution in [0.2, 0.25) is 0 Å². The summed E-state index contributed by atoms with van der Waals surface area (Å²) in [5.41, 5.74) is 2.55. The number of fused-ring (bicyclic) bond motifs is 1. The molecular formula is C16H18N2O2. The fourth-order valence-corrected chi connectivity index (χ4v) is 2.53. The molecule has 1 amide bonds. The van der Waals surface area contributed by atoms with Crippen molar-refractivity contribution in [2.45, 2.75) is 25.4 Å². The molecule has 0 unspecified atom stereocenters. The van der Waals surface area contributed by atoms with E-state index in [9.17, 15) is 4.79 Å². The first-order chi connectivity index (χ1) is 9.83. The Balaban J connectivity index is 1.51. The predicted octanol–water partition coefficient (Wildman–Crippen LogP) is 1.65. The minimum atomic E-state index is -0.137. The Morgan fingerprint density at radius 2 is 2.10 bits per heavy atom. The molecule has 1 aromatic heterocycles. The largest absolute Gasteiger partial charge is 0.469 e. The maximum atomic E-state index is 12.1. The molecule has 4 heteroatoms. The van der Waals surface area contributed by atoms with Gasteiger partial charge in [-0.15, -0.1) is 0 Å². The van der Waals surface area contributed by atoms with E-state index in [1.54, 1.807) is 6.26 Å². The average Bonchev–Trinajstić information content (AvgIpc) is 3.00. The molecule has 4 nitrogen and oxygen atoms in total. The summed E-state index contributed by atoms with van der Waals surface area (Å²) in [4.78, 5) is 12.1. The van der Waals surface area contributed by atoms with Crippen LogP contribution in [-0.4, -0.2) is 18.5 Å². The average molecular weight is 270 g/mol. The van der Waals surface area contributed by atoms with Gasteiger partial charge in [-0.25, -0.2) is 0 Å². The molecular weight excluding hydrogens is 252 g/mol. The highest BCUT2D eigenvalue weighted by molar-refractivity contribution is 5.82. The molecule has 2 heterocycles. The molecule has 0 bridgehead atoms. The van der Waals surface area contributed by atoms with Gasteiger partial charge in [0, 0.05) is 19.5 Å². The molecule has 104 valence electrons. The van der Waals surface area contributed by atoms with Gasteiger partial charge in [0.15, 0.2) is 0 Å². The molecule has 3 rings (SSSR count). The molecule has 0 radical (unpaired) electrons. The molecule has 1 aliphatic heterocycles. The molecule has 1 aromatic carbocycles. The number of hydrogen-bond acceptors (Lipinski definition) is 3. The monoisotopic (exact) mass is 270 g/mol. The highest BCUT2D eigenvalue weighted by Gasteiger charge is 2.23. The first kappa shape index (κ1) is 12.9. The van der Waals surface area contributed by atoms with Crippen LogP contribution in [0.5, 0.6) is 0 Å². The van der Waals surface area contributed by atoms with Crippen LogP contribution in [0.3, 0.4) is 0 Å². The van der Waals surface area contributed by atoms with Gasteiger partial charge < -0.3 is 15.1 Å². The Morgan fingerprint density at radius 3 is 2.90 bits per heavy atom. The molecule has 0 saturated heterocycles. The SMILES string of the molecule is O=C(NCCc1ccco1)[C@@H]1Cc2ccccc2CN1. The van der Waals surface area contributed by atoms with E-state index in [-0.39, 0.29) is 11.9 Å². The molecule has 2 N–H and O–H groups in total. The Morgan fingerprint density at radius 1 is 1.25 bits per heavy atom. The summed E-state index contributed by atoms with van der Waals surface area (Å²) in [5, 5.41) is 6.24. The zero-order valence-corrected chi connectivity index (χ0v) is 11.3. The molecule has 0 aliphatic carbocycles. The fourth-order valence-electron chi connectivity index (χ4n) is 2.53. The minimum absolute atomic E-state index is 0.0612. The molecule has 20 heavy (non-hydrogen) atoms. The number of carbonyl (C=O) groups excluding carboxylic acids is 1. The Hall–Kier alpha value is -2.07. The zero-order chi connectivity index (χ0) is 13.8. The summed E-state index contributed by atoms with van der Waals surface area (Å²) in [6, 6.07) is 11.9. The van der Waals surface area contributed by atoms with Crippen LogP contribution in [0.15, 0.2) is 47.1 Å². The second-order valence-electron chi connectivity index (χ2n) is 5.03. The van der Waals surface area contributed by atoms with Crippen molar-refractivity contribution >= 4 is 5.91 Å². The Labute approximate surface area is 118 Å². The van der Waals surface area contributed by atoms with Crippen molar-refractivity contribution in [1.82, 2.24) is 10.6 Å². The van der Waals surface area contributed by atoms with Gasteiger partial charge in [0.2, 0.25) is 5.91 Å². The third-order valence-corrected chi connectivity index (χ3v) is 3.65. The van der Waals surface area contributed by atoms with E-state index >= 15 is 0 Å². The van der Waals surface area contributed by atoms with E-state index in [4.69, 9.17) is 4.42 Å². The summed E-state index contributed by atoms with van der Waals surface area (Å²) < 4.78 is 5.24. The van der Waals surface area contributed by atoms with Crippen LogP contribution in [-0.2, 0) is 24.2 Å². The number of amides is 1. The first-order valence-corrected chi connectivity index (χ1v) is 6.93. The molecule has 0 fully saturated rings. The predicted molar refractivity (Wildman–Crippen MR) is 76.2 cm³/mol. The molecule has 1 atom stereocenters.